The normalized spacial score (nSPS) is 16.1. The second-order valence-corrected chi connectivity index (χ2v) is 4.95. The fraction of sp³-hybridized carbons (Fsp3) is 0.467. The van der Waals surface area contributed by atoms with Crippen LogP contribution in [-0.2, 0) is 20.7 Å². The first-order valence-electron chi connectivity index (χ1n) is 6.80. The van der Waals surface area contributed by atoms with Gasteiger partial charge in [-0.05, 0) is 18.4 Å². The molecule has 1 aliphatic heterocycles. The monoisotopic (exact) mass is 277 g/mol. The van der Waals surface area contributed by atoms with Crippen LogP contribution in [0.5, 0.6) is 0 Å². The molecule has 1 aliphatic rings. The Morgan fingerprint density at radius 2 is 1.85 bits per heavy atom. The molecule has 0 aliphatic carbocycles. The first kappa shape index (κ1) is 14.5. The zero-order valence-electron chi connectivity index (χ0n) is 11.3. The number of benzene rings is 1. The topological polar surface area (TPSA) is 66.8 Å². The molecule has 0 atom stereocenters. The van der Waals surface area contributed by atoms with Crippen molar-refractivity contribution in [2.45, 2.75) is 25.4 Å². The van der Waals surface area contributed by atoms with E-state index in [0.717, 1.165) is 5.56 Å². The number of amides is 1. The van der Waals surface area contributed by atoms with Crippen molar-refractivity contribution < 1.29 is 19.4 Å². The lowest BCUT2D eigenvalue weighted by molar-refractivity contribution is -0.146. The quantitative estimate of drug-likeness (QED) is 0.881. The molecule has 20 heavy (non-hydrogen) atoms. The van der Waals surface area contributed by atoms with Crippen molar-refractivity contribution in [3.05, 3.63) is 35.9 Å². The summed E-state index contributed by atoms with van der Waals surface area (Å²) in [6.45, 7) is 1.01. The predicted octanol–water partition coefficient (Wildman–Crippen LogP) is 1.32. The van der Waals surface area contributed by atoms with Gasteiger partial charge < -0.3 is 14.7 Å². The molecule has 1 aromatic carbocycles. The molecule has 5 heteroatoms. The summed E-state index contributed by atoms with van der Waals surface area (Å²) >= 11 is 0. The third kappa shape index (κ3) is 4.35. The number of piperidine rings is 1. The lowest BCUT2D eigenvalue weighted by Crippen LogP contribution is -2.41. The molecule has 108 valence electrons. The van der Waals surface area contributed by atoms with Gasteiger partial charge in [0.2, 0.25) is 5.91 Å². The molecule has 0 unspecified atom stereocenters. The second kappa shape index (κ2) is 7.05. The van der Waals surface area contributed by atoms with E-state index < -0.39 is 5.97 Å². The number of carboxylic acid groups (broad SMARTS) is 1. The molecule has 0 radical (unpaired) electrons. The Bertz CT molecular complexity index is 452. The molecule has 1 N–H and O–H groups in total. The Morgan fingerprint density at radius 3 is 2.45 bits per heavy atom. The van der Waals surface area contributed by atoms with Gasteiger partial charge in [0.25, 0.3) is 0 Å². The van der Waals surface area contributed by atoms with Crippen LogP contribution in [0, 0.1) is 0 Å². The van der Waals surface area contributed by atoms with Gasteiger partial charge in [-0.15, -0.1) is 0 Å². The van der Waals surface area contributed by atoms with Crippen LogP contribution in [0.2, 0.25) is 0 Å². The number of carbonyl (C=O) groups is 2. The van der Waals surface area contributed by atoms with E-state index in [1.807, 2.05) is 35.2 Å². The van der Waals surface area contributed by atoms with Gasteiger partial charge in [0.15, 0.2) is 0 Å². The lowest BCUT2D eigenvalue weighted by Gasteiger charge is -2.31. The zero-order chi connectivity index (χ0) is 14.4. The fourth-order valence-corrected chi connectivity index (χ4v) is 2.34. The van der Waals surface area contributed by atoms with E-state index >= 15 is 0 Å². The number of rotatable bonds is 5. The summed E-state index contributed by atoms with van der Waals surface area (Å²) in [4.78, 5) is 24.4. The van der Waals surface area contributed by atoms with E-state index in [0.29, 0.717) is 32.4 Å². The van der Waals surface area contributed by atoms with Crippen LogP contribution in [0.15, 0.2) is 30.3 Å². The summed E-state index contributed by atoms with van der Waals surface area (Å²) < 4.78 is 5.25. The third-order valence-corrected chi connectivity index (χ3v) is 3.44. The van der Waals surface area contributed by atoms with E-state index in [9.17, 15) is 9.59 Å². The molecule has 1 heterocycles. The van der Waals surface area contributed by atoms with Gasteiger partial charge in [0.05, 0.1) is 12.5 Å². The first-order chi connectivity index (χ1) is 9.65. The van der Waals surface area contributed by atoms with Crippen molar-refractivity contribution >= 4 is 11.9 Å². The Hall–Kier alpha value is -1.88. The predicted molar refractivity (Wildman–Crippen MR) is 73.3 cm³/mol. The van der Waals surface area contributed by atoms with Gasteiger partial charge in [0, 0.05) is 13.1 Å². The van der Waals surface area contributed by atoms with Crippen LogP contribution in [0.4, 0.5) is 0 Å². The number of nitrogens with zero attached hydrogens (tertiary/aromatic N) is 1. The maximum Gasteiger partial charge on any atom is 0.329 e. The molecule has 1 saturated heterocycles. The summed E-state index contributed by atoms with van der Waals surface area (Å²) in [5.74, 6) is -0.833. The molecule has 1 aromatic rings. The number of carboxylic acids is 1. The molecular formula is C15H19NO4. The van der Waals surface area contributed by atoms with Crippen molar-refractivity contribution in [1.82, 2.24) is 4.90 Å². The Balaban J connectivity index is 1.76. The molecule has 0 bridgehead atoms. The molecule has 2 rings (SSSR count). The summed E-state index contributed by atoms with van der Waals surface area (Å²) in [7, 11) is 0. The molecule has 1 fully saturated rings. The van der Waals surface area contributed by atoms with Crippen LogP contribution in [0.3, 0.4) is 0 Å². The van der Waals surface area contributed by atoms with Crippen molar-refractivity contribution in [2.75, 3.05) is 19.7 Å². The van der Waals surface area contributed by atoms with Crippen LogP contribution in [-0.4, -0.2) is 47.7 Å². The van der Waals surface area contributed by atoms with Gasteiger partial charge in [0.1, 0.15) is 6.61 Å². The van der Waals surface area contributed by atoms with Crippen molar-refractivity contribution in [3.8, 4) is 0 Å². The van der Waals surface area contributed by atoms with Crippen LogP contribution in [0.25, 0.3) is 0 Å². The van der Waals surface area contributed by atoms with Crippen molar-refractivity contribution in [1.29, 1.82) is 0 Å². The summed E-state index contributed by atoms with van der Waals surface area (Å²) in [5, 5.41) is 8.56. The standard InChI is InChI=1S/C15H19NO4/c17-14(10-12-4-2-1-3-5-12)16-8-6-13(7-9-16)20-11-15(18)19/h1-5,13H,6-11H2,(H,18,19). The average Bonchev–Trinajstić information content (AvgIpc) is 2.46. The largest absolute Gasteiger partial charge is 0.480 e. The number of carbonyl (C=O) groups excluding carboxylic acids is 1. The Kier molecular flexibility index (Phi) is 5.12. The number of aliphatic carboxylic acids is 1. The van der Waals surface area contributed by atoms with E-state index in [-0.39, 0.29) is 18.6 Å². The van der Waals surface area contributed by atoms with E-state index in [1.165, 1.54) is 0 Å². The minimum absolute atomic E-state index is 0.0492. The SMILES string of the molecule is O=C(O)COC1CCN(C(=O)Cc2ccccc2)CC1. The van der Waals surface area contributed by atoms with Gasteiger partial charge in [-0.2, -0.15) is 0 Å². The van der Waals surface area contributed by atoms with E-state index in [4.69, 9.17) is 9.84 Å². The lowest BCUT2D eigenvalue weighted by atomic mass is 10.1. The highest BCUT2D eigenvalue weighted by Crippen LogP contribution is 2.15. The zero-order valence-corrected chi connectivity index (χ0v) is 11.3. The highest BCUT2D eigenvalue weighted by Gasteiger charge is 2.23. The third-order valence-electron chi connectivity index (χ3n) is 3.44. The Morgan fingerprint density at radius 1 is 1.20 bits per heavy atom. The van der Waals surface area contributed by atoms with E-state index in [2.05, 4.69) is 0 Å². The molecular weight excluding hydrogens is 258 g/mol. The second-order valence-electron chi connectivity index (χ2n) is 4.95. The number of hydrogen-bond donors (Lipinski definition) is 1. The molecule has 0 aromatic heterocycles. The maximum absolute atomic E-state index is 12.1. The van der Waals surface area contributed by atoms with E-state index in [1.54, 1.807) is 0 Å². The highest BCUT2D eigenvalue weighted by molar-refractivity contribution is 5.78. The van der Waals surface area contributed by atoms with Crippen LogP contribution < -0.4 is 0 Å². The number of likely N-dealkylation sites (tertiary alicyclic amines) is 1. The highest BCUT2D eigenvalue weighted by atomic mass is 16.5. The molecule has 0 spiro atoms. The van der Waals surface area contributed by atoms with Gasteiger partial charge in [-0.3, -0.25) is 4.79 Å². The minimum atomic E-state index is -0.951. The van der Waals surface area contributed by atoms with Gasteiger partial charge in [-0.25, -0.2) is 4.79 Å². The Labute approximate surface area is 118 Å². The average molecular weight is 277 g/mol. The minimum Gasteiger partial charge on any atom is -0.480 e. The molecule has 5 nitrogen and oxygen atoms in total. The summed E-state index contributed by atoms with van der Waals surface area (Å²) in [6.07, 6.45) is 1.77. The summed E-state index contributed by atoms with van der Waals surface area (Å²) in [5.41, 5.74) is 1.02. The number of ether oxygens (including phenoxy) is 1. The maximum atomic E-state index is 12.1. The van der Waals surface area contributed by atoms with Gasteiger partial charge in [-0.1, -0.05) is 30.3 Å². The van der Waals surface area contributed by atoms with Gasteiger partial charge >= 0.3 is 5.97 Å². The fourth-order valence-electron chi connectivity index (χ4n) is 2.34. The molecule has 1 amide bonds. The first-order valence-corrected chi connectivity index (χ1v) is 6.80. The summed E-state index contributed by atoms with van der Waals surface area (Å²) in [6, 6.07) is 9.67. The van der Waals surface area contributed by atoms with Crippen LogP contribution >= 0.6 is 0 Å². The van der Waals surface area contributed by atoms with Crippen molar-refractivity contribution in [3.63, 3.8) is 0 Å². The van der Waals surface area contributed by atoms with Crippen LogP contribution in [0.1, 0.15) is 18.4 Å². The molecule has 0 saturated carbocycles. The van der Waals surface area contributed by atoms with Crippen molar-refractivity contribution in [2.24, 2.45) is 0 Å². The smallest absolute Gasteiger partial charge is 0.329 e. The number of hydrogen-bond acceptors (Lipinski definition) is 3.